The first-order valence-corrected chi connectivity index (χ1v) is 9.52. The van der Waals surface area contributed by atoms with Crippen molar-refractivity contribution in [1.29, 1.82) is 0 Å². The second-order valence-electron chi connectivity index (χ2n) is 6.15. The monoisotopic (exact) mass is 404 g/mol. The first-order valence-electron chi connectivity index (χ1n) is 8.71. The lowest BCUT2D eigenvalue weighted by atomic mass is 10.2. The minimum atomic E-state index is -0.436. The quantitative estimate of drug-likeness (QED) is 0.388. The average Bonchev–Trinajstić information content (AvgIpc) is 3.11. The van der Waals surface area contributed by atoms with Gasteiger partial charge in [-0.25, -0.2) is 9.78 Å². The molecule has 0 atom stereocenters. The summed E-state index contributed by atoms with van der Waals surface area (Å²) >= 11 is 1.27. The van der Waals surface area contributed by atoms with Gasteiger partial charge in [-0.3, -0.25) is 10.1 Å². The summed E-state index contributed by atoms with van der Waals surface area (Å²) < 4.78 is 0.777. The molecule has 0 unspecified atom stereocenters. The number of nitrogens with one attached hydrogen (secondary N) is 3. The molecular weight excluding hydrogens is 388 g/mol. The molecule has 3 aromatic carbocycles. The van der Waals surface area contributed by atoms with Gasteiger partial charge in [-0.1, -0.05) is 29.5 Å². The number of phenolic OH excluding ortho intramolecular Hbond substituents is 1. The fraction of sp³-hybridized carbons (Fsp3) is 0. The molecule has 0 fully saturated rings. The van der Waals surface area contributed by atoms with Crippen LogP contribution in [0, 0.1) is 0 Å². The highest BCUT2D eigenvalue weighted by Gasteiger charge is 2.09. The molecule has 1 heterocycles. The number of hydrogen-bond acceptors (Lipinski definition) is 5. The first kappa shape index (κ1) is 18.5. The number of anilines is 3. The van der Waals surface area contributed by atoms with Crippen molar-refractivity contribution in [3.8, 4) is 5.75 Å². The number of aromatic nitrogens is 1. The van der Waals surface area contributed by atoms with Crippen LogP contribution in [0.4, 0.5) is 21.3 Å². The number of fused-ring (bicyclic) bond motifs is 1. The molecule has 0 aliphatic rings. The molecule has 0 saturated carbocycles. The lowest BCUT2D eigenvalue weighted by Crippen LogP contribution is -2.19. The van der Waals surface area contributed by atoms with Crippen molar-refractivity contribution in [3.63, 3.8) is 0 Å². The Morgan fingerprint density at radius 3 is 2.24 bits per heavy atom. The van der Waals surface area contributed by atoms with Crippen molar-refractivity contribution in [2.45, 2.75) is 0 Å². The van der Waals surface area contributed by atoms with Gasteiger partial charge in [-0.15, -0.1) is 0 Å². The molecule has 0 aliphatic heterocycles. The van der Waals surface area contributed by atoms with E-state index in [4.69, 9.17) is 0 Å². The van der Waals surface area contributed by atoms with E-state index in [9.17, 15) is 14.7 Å². The first-order chi connectivity index (χ1) is 14.1. The Bertz CT molecular complexity index is 1170. The summed E-state index contributed by atoms with van der Waals surface area (Å²) in [7, 11) is 0. The molecule has 0 radical (unpaired) electrons. The van der Waals surface area contributed by atoms with Crippen molar-refractivity contribution in [2.75, 3.05) is 16.0 Å². The summed E-state index contributed by atoms with van der Waals surface area (Å²) in [6.07, 6.45) is 0. The Labute approximate surface area is 170 Å². The lowest BCUT2D eigenvalue weighted by Gasteiger charge is -2.08. The van der Waals surface area contributed by atoms with Gasteiger partial charge in [-0.05, 0) is 54.6 Å². The number of aromatic hydroxyl groups is 1. The second kappa shape index (κ2) is 7.99. The van der Waals surface area contributed by atoms with E-state index in [0.29, 0.717) is 27.6 Å². The topological polar surface area (TPSA) is 103 Å². The SMILES string of the molecule is O=C(Nc1ccc(NC(=O)c2ccccc2)cc1)Nc1nc2ccc(O)cc2s1. The van der Waals surface area contributed by atoms with Gasteiger partial charge in [0.25, 0.3) is 5.91 Å². The van der Waals surface area contributed by atoms with E-state index in [1.807, 2.05) is 6.07 Å². The van der Waals surface area contributed by atoms with Gasteiger partial charge in [0.15, 0.2) is 5.13 Å². The van der Waals surface area contributed by atoms with Gasteiger partial charge in [0.05, 0.1) is 10.2 Å². The summed E-state index contributed by atoms with van der Waals surface area (Å²) in [6.45, 7) is 0. The third-order valence-corrected chi connectivity index (χ3v) is 4.96. The fourth-order valence-electron chi connectivity index (χ4n) is 2.66. The third kappa shape index (κ3) is 4.50. The molecule has 7 nitrogen and oxygen atoms in total. The molecule has 3 amide bonds. The van der Waals surface area contributed by atoms with Crippen molar-refractivity contribution in [1.82, 2.24) is 4.98 Å². The second-order valence-corrected chi connectivity index (χ2v) is 7.18. The van der Waals surface area contributed by atoms with Gasteiger partial charge >= 0.3 is 6.03 Å². The highest BCUT2D eigenvalue weighted by molar-refractivity contribution is 7.22. The van der Waals surface area contributed by atoms with E-state index < -0.39 is 6.03 Å². The standard InChI is InChI=1S/C21H16N4O3S/c26-16-10-11-17-18(12-16)29-21(24-17)25-20(28)23-15-8-6-14(7-9-15)22-19(27)13-4-2-1-3-5-13/h1-12,26H,(H,22,27)(H2,23,24,25,28). The number of carbonyl (C=O) groups excluding carboxylic acids is 2. The number of urea groups is 1. The van der Waals surface area contributed by atoms with Crippen LogP contribution in [-0.2, 0) is 0 Å². The van der Waals surface area contributed by atoms with Crippen LogP contribution in [-0.4, -0.2) is 22.0 Å². The Hall–Kier alpha value is -3.91. The number of phenols is 1. The summed E-state index contributed by atoms with van der Waals surface area (Å²) in [6, 6.07) is 20.1. The van der Waals surface area contributed by atoms with E-state index in [-0.39, 0.29) is 11.7 Å². The number of rotatable bonds is 4. The highest BCUT2D eigenvalue weighted by Crippen LogP contribution is 2.28. The summed E-state index contributed by atoms with van der Waals surface area (Å²) in [5, 5.41) is 18.1. The molecule has 0 bridgehead atoms. The summed E-state index contributed by atoms with van der Waals surface area (Å²) in [4.78, 5) is 28.7. The van der Waals surface area contributed by atoms with Crippen molar-refractivity contribution in [3.05, 3.63) is 78.4 Å². The number of hydrogen-bond donors (Lipinski definition) is 4. The molecule has 4 rings (SSSR count). The van der Waals surface area contributed by atoms with E-state index >= 15 is 0 Å². The van der Waals surface area contributed by atoms with E-state index in [1.165, 1.54) is 11.3 Å². The minimum Gasteiger partial charge on any atom is -0.508 e. The van der Waals surface area contributed by atoms with Crippen LogP contribution in [0.15, 0.2) is 72.8 Å². The van der Waals surface area contributed by atoms with Crippen molar-refractivity contribution >= 4 is 50.0 Å². The molecule has 4 aromatic rings. The molecule has 8 heteroatoms. The number of amides is 3. The Morgan fingerprint density at radius 1 is 0.828 bits per heavy atom. The maximum absolute atomic E-state index is 12.2. The smallest absolute Gasteiger partial charge is 0.325 e. The van der Waals surface area contributed by atoms with Crippen LogP contribution in [0.1, 0.15) is 10.4 Å². The largest absolute Gasteiger partial charge is 0.508 e. The van der Waals surface area contributed by atoms with Gasteiger partial charge < -0.3 is 15.7 Å². The van der Waals surface area contributed by atoms with E-state index in [0.717, 1.165) is 4.70 Å². The third-order valence-electron chi connectivity index (χ3n) is 4.03. The zero-order valence-electron chi connectivity index (χ0n) is 15.0. The Balaban J connectivity index is 1.36. The molecule has 0 spiro atoms. The molecule has 4 N–H and O–H groups in total. The number of nitrogens with zero attached hydrogens (tertiary/aromatic N) is 1. The van der Waals surface area contributed by atoms with Gasteiger partial charge in [-0.2, -0.15) is 0 Å². The van der Waals surface area contributed by atoms with Gasteiger partial charge in [0.1, 0.15) is 5.75 Å². The molecule has 29 heavy (non-hydrogen) atoms. The number of benzene rings is 3. The predicted octanol–water partition coefficient (Wildman–Crippen LogP) is 4.90. The zero-order valence-corrected chi connectivity index (χ0v) is 15.9. The van der Waals surface area contributed by atoms with Crippen LogP contribution in [0.5, 0.6) is 5.75 Å². The maximum atomic E-state index is 12.2. The van der Waals surface area contributed by atoms with Crippen LogP contribution in [0.3, 0.4) is 0 Å². The Kier molecular flexibility index (Phi) is 5.08. The summed E-state index contributed by atoms with van der Waals surface area (Å²) in [5.41, 5.74) is 2.45. The normalized spacial score (nSPS) is 10.5. The summed E-state index contributed by atoms with van der Waals surface area (Å²) in [5.74, 6) is -0.0532. The zero-order chi connectivity index (χ0) is 20.2. The van der Waals surface area contributed by atoms with Crippen LogP contribution >= 0.6 is 11.3 Å². The van der Waals surface area contributed by atoms with Crippen molar-refractivity contribution < 1.29 is 14.7 Å². The van der Waals surface area contributed by atoms with Crippen LogP contribution in [0.2, 0.25) is 0 Å². The van der Waals surface area contributed by atoms with Crippen LogP contribution in [0.25, 0.3) is 10.2 Å². The Morgan fingerprint density at radius 2 is 1.52 bits per heavy atom. The molecule has 1 aromatic heterocycles. The van der Waals surface area contributed by atoms with E-state index in [1.54, 1.807) is 66.7 Å². The minimum absolute atomic E-state index is 0.150. The average molecular weight is 404 g/mol. The molecular formula is C21H16N4O3S. The highest BCUT2D eigenvalue weighted by atomic mass is 32.1. The number of carbonyl (C=O) groups is 2. The van der Waals surface area contributed by atoms with E-state index in [2.05, 4.69) is 20.9 Å². The number of thiazole rings is 1. The van der Waals surface area contributed by atoms with Gasteiger partial charge in [0.2, 0.25) is 0 Å². The lowest BCUT2D eigenvalue weighted by molar-refractivity contribution is 0.102. The van der Waals surface area contributed by atoms with Gasteiger partial charge in [0, 0.05) is 16.9 Å². The molecule has 0 saturated heterocycles. The fourth-order valence-corrected chi connectivity index (χ4v) is 3.55. The predicted molar refractivity (Wildman–Crippen MR) is 115 cm³/mol. The molecule has 144 valence electrons. The molecule has 0 aliphatic carbocycles. The van der Waals surface area contributed by atoms with Crippen molar-refractivity contribution in [2.24, 2.45) is 0 Å². The maximum Gasteiger partial charge on any atom is 0.325 e. The van der Waals surface area contributed by atoms with Crippen LogP contribution < -0.4 is 16.0 Å².